The monoisotopic (exact) mass is 173 g/mol. The third-order valence-corrected chi connectivity index (χ3v) is 2.45. The molecule has 1 unspecified atom stereocenters. The number of pyridine rings is 1. The molecule has 1 aromatic rings. The maximum atomic E-state index is 8.85. The normalized spacial score (nSPS) is 21.5. The molecular weight excluding hydrogens is 162 g/mol. The highest BCUT2D eigenvalue weighted by Crippen LogP contribution is 2.30. The molecule has 13 heavy (non-hydrogen) atoms. The lowest BCUT2D eigenvalue weighted by Gasteiger charge is -2.17. The summed E-state index contributed by atoms with van der Waals surface area (Å²) in [7, 11) is 0. The van der Waals surface area contributed by atoms with Crippen LogP contribution in [0.2, 0.25) is 0 Å². The summed E-state index contributed by atoms with van der Waals surface area (Å²) in [6.45, 7) is 0.885. The van der Waals surface area contributed by atoms with E-state index in [4.69, 9.17) is 5.26 Å². The second-order valence-electron chi connectivity index (χ2n) is 3.24. The van der Waals surface area contributed by atoms with Crippen molar-refractivity contribution in [2.45, 2.75) is 18.9 Å². The van der Waals surface area contributed by atoms with Gasteiger partial charge in [-0.2, -0.15) is 5.26 Å². The topological polar surface area (TPSA) is 39.9 Å². The van der Waals surface area contributed by atoms with Crippen molar-refractivity contribution in [1.82, 2.24) is 9.88 Å². The van der Waals surface area contributed by atoms with E-state index in [9.17, 15) is 0 Å². The first-order chi connectivity index (χ1) is 6.42. The number of hydrogen-bond donors (Lipinski definition) is 0. The second kappa shape index (κ2) is 3.44. The Labute approximate surface area is 77.6 Å². The van der Waals surface area contributed by atoms with Gasteiger partial charge >= 0.3 is 0 Å². The van der Waals surface area contributed by atoms with E-state index in [-0.39, 0.29) is 6.04 Å². The highest BCUT2D eigenvalue weighted by Gasteiger charge is 2.24. The lowest BCUT2D eigenvalue weighted by molar-refractivity contribution is 0.373. The van der Waals surface area contributed by atoms with E-state index >= 15 is 0 Å². The van der Waals surface area contributed by atoms with Crippen LogP contribution in [0.4, 0.5) is 0 Å². The zero-order valence-electron chi connectivity index (χ0n) is 7.35. The van der Waals surface area contributed by atoms with E-state index in [2.05, 4.69) is 11.2 Å². The maximum absolute atomic E-state index is 8.85. The molecule has 0 amide bonds. The molecule has 1 aromatic heterocycles. The number of rotatable bonds is 1. The van der Waals surface area contributed by atoms with Gasteiger partial charge in [0, 0.05) is 18.9 Å². The van der Waals surface area contributed by atoms with Gasteiger partial charge in [0.2, 0.25) is 0 Å². The number of nitriles is 1. The lowest BCUT2D eigenvalue weighted by Crippen LogP contribution is -2.16. The minimum absolute atomic E-state index is 0.263. The Morgan fingerprint density at radius 1 is 1.62 bits per heavy atom. The summed E-state index contributed by atoms with van der Waals surface area (Å²) in [6, 6.07) is 4.22. The number of hydrogen-bond acceptors (Lipinski definition) is 3. The van der Waals surface area contributed by atoms with Gasteiger partial charge in [-0.15, -0.1) is 0 Å². The minimum Gasteiger partial charge on any atom is -0.303 e. The fraction of sp³-hybridized carbons (Fsp3) is 0.400. The average molecular weight is 173 g/mol. The second-order valence-corrected chi connectivity index (χ2v) is 3.24. The van der Waals surface area contributed by atoms with Crippen LogP contribution in [0.15, 0.2) is 24.5 Å². The third-order valence-electron chi connectivity index (χ3n) is 2.45. The lowest BCUT2D eigenvalue weighted by atomic mass is 10.1. The fourth-order valence-electron chi connectivity index (χ4n) is 1.81. The van der Waals surface area contributed by atoms with Crippen molar-refractivity contribution in [1.29, 1.82) is 5.26 Å². The molecule has 1 aliphatic heterocycles. The Kier molecular flexibility index (Phi) is 2.13. The number of likely N-dealkylation sites (tertiary alicyclic amines) is 1. The summed E-state index contributed by atoms with van der Waals surface area (Å²) in [5, 5.41) is 8.85. The summed E-state index contributed by atoms with van der Waals surface area (Å²) < 4.78 is 0. The van der Waals surface area contributed by atoms with Crippen LogP contribution >= 0.6 is 0 Å². The van der Waals surface area contributed by atoms with Gasteiger partial charge in [0.15, 0.2) is 6.19 Å². The molecule has 0 bridgehead atoms. The molecule has 3 heteroatoms. The van der Waals surface area contributed by atoms with E-state index in [1.807, 2.05) is 23.2 Å². The first-order valence-corrected chi connectivity index (χ1v) is 4.48. The van der Waals surface area contributed by atoms with Crippen molar-refractivity contribution < 1.29 is 0 Å². The molecule has 66 valence electrons. The molecule has 0 spiro atoms. The molecule has 2 heterocycles. The number of nitrogens with zero attached hydrogens (tertiary/aromatic N) is 3. The Balaban J connectivity index is 2.22. The molecule has 1 fully saturated rings. The van der Waals surface area contributed by atoms with E-state index in [0.29, 0.717) is 0 Å². The van der Waals surface area contributed by atoms with E-state index < -0.39 is 0 Å². The van der Waals surface area contributed by atoms with Gasteiger partial charge in [0.05, 0.1) is 6.04 Å². The predicted molar refractivity (Wildman–Crippen MR) is 48.5 cm³/mol. The molecule has 0 aliphatic carbocycles. The van der Waals surface area contributed by atoms with Crippen LogP contribution in [0.3, 0.4) is 0 Å². The quantitative estimate of drug-likeness (QED) is 0.607. The summed E-state index contributed by atoms with van der Waals surface area (Å²) in [4.78, 5) is 5.89. The highest BCUT2D eigenvalue weighted by atomic mass is 15.2. The fourth-order valence-corrected chi connectivity index (χ4v) is 1.81. The largest absolute Gasteiger partial charge is 0.303 e. The Bertz CT molecular complexity index is 315. The van der Waals surface area contributed by atoms with Gasteiger partial charge in [-0.05, 0) is 24.5 Å². The van der Waals surface area contributed by atoms with Crippen LogP contribution < -0.4 is 0 Å². The van der Waals surface area contributed by atoms with Crippen molar-refractivity contribution in [3.63, 3.8) is 0 Å². The van der Waals surface area contributed by atoms with Crippen LogP contribution in [-0.4, -0.2) is 16.4 Å². The Hall–Kier alpha value is -1.56. The molecule has 0 N–H and O–H groups in total. The Morgan fingerprint density at radius 2 is 2.54 bits per heavy atom. The van der Waals surface area contributed by atoms with Crippen molar-refractivity contribution in [2.75, 3.05) is 6.54 Å². The molecule has 0 aromatic carbocycles. The number of aromatic nitrogens is 1. The van der Waals surface area contributed by atoms with Crippen molar-refractivity contribution in [2.24, 2.45) is 0 Å². The maximum Gasteiger partial charge on any atom is 0.179 e. The van der Waals surface area contributed by atoms with Gasteiger partial charge in [-0.1, -0.05) is 6.07 Å². The standard InChI is InChI=1S/C10H11N3/c11-8-13-6-2-4-10(13)9-3-1-5-12-7-9/h1,3,5,7,10H,2,4,6H2. The van der Waals surface area contributed by atoms with E-state index in [1.165, 1.54) is 0 Å². The van der Waals surface area contributed by atoms with Crippen molar-refractivity contribution >= 4 is 0 Å². The van der Waals surface area contributed by atoms with Gasteiger partial charge in [-0.25, -0.2) is 0 Å². The zero-order valence-corrected chi connectivity index (χ0v) is 7.35. The van der Waals surface area contributed by atoms with Crippen LogP contribution in [0, 0.1) is 11.5 Å². The molecule has 1 atom stereocenters. The minimum atomic E-state index is 0.263. The van der Waals surface area contributed by atoms with Gasteiger partial charge in [0.25, 0.3) is 0 Å². The molecular formula is C10H11N3. The van der Waals surface area contributed by atoms with Crippen LogP contribution in [0.1, 0.15) is 24.4 Å². The van der Waals surface area contributed by atoms with E-state index in [1.54, 1.807) is 6.20 Å². The van der Waals surface area contributed by atoms with Crippen molar-refractivity contribution in [3.8, 4) is 6.19 Å². The molecule has 3 nitrogen and oxygen atoms in total. The average Bonchev–Trinajstić information content (AvgIpc) is 2.67. The summed E-state index contributed by atoms with van der Waals surface area (Å²) in [6.07, 6.45) is 8.00. The molecule has 0 radical (unpaired) electrons. The van der Waals surface area contributed by atoms with Crippen LogP contribution in [0.25, 0.3) is 0 Å². The summed E-state index contributed by atoms with van der Waals surface area (Å²) >= 11 is 0. The first-order valence-electron chi connectivity index (χ1n) is 4.48. The third kappa shape index (κ3) is 1.48. The van der Waals surface area contributed by atoms with Gasteiger partial charge < -0.3 is 4.90 Å². The first kappa shape index (κ1) is 8.06. The molecule has 1 aliphatic rings. The summed E-state index contributed by atoms with van der Waals surface area (Å²) in [5.41, 5.74) is 1.15. The molecule has 1 saturated heterocycles. The highest BCUT2D eigenvalue weighted by molar-refractivity contribution is 5.16. The van der Waals surface area contributed by atoms with Crippen molar-refractivity contribution in [3.05, 3.63) is 30.1 Å². The zero-order chi connectivity index (χ0) is 9.10. The molecule has 2 rings (SSSR count). The van der Waals surface area contributed by atoms with Crippen LogP contribution in [-0.2, 0) is 0 Å². The summed E-state index contributed by atoms with van der Waals surface area (Å²) in [5.74, 6) is 0. The SMILES string of the molecule is N#CN1CCCC1c1cccnc1. The van der Waals surface area contributed by atoms with Gasteiger partial charge in [0.1, 0.15) is 0 Å². The van der Waals surface area contributed by atoms with Crippen LogP contribution in [0.5, 0.6) is 0 Å². The smallest absolute Gasteiger partial charge is 0.179 e. The Morgan fingerprint density at radius 3 is 3.23 bits per heavy atom. The predicted octanol–water partition coefficient (Wildman–Crippen LogP) is 1.70. The molecule has 0 saturated carbocycles. The van der Waals surface area contributed by atoms with Gasteiger partial charge in [-0.3, -0.25) is 4.98 Å². The van der Waals surface area contributed by atoms with E-state index in [0.717, 1.165) is 24.9 Å².